The molecule has 0 spiro atoms. The molecule has 4 rings (SSSR count). The van der Waals surface area contributed by atoms with Gasteiger partial charge in [0.1, 0.15) is 12.1 Å². The van der Waals surface area contributed by atoms with Crippen LogP contribution in [0.4, 0.5) is 0 Å². The number of hydrogen-bond donors (Lipinski definition) is 1. The first-order valence-corrected chi connectivity index (χ1v) is 12.3. The fourth-order valence-electron chi connectivity index (χ4n) is 5.24. The highest BCUT2D eigenvalue weighted by Crippen LogP contribution is 2.47. The number of carbonyl (C=O) groups is 2. The number of benzene rings is 2. The van der Waals surface area contributed by atoms with E-state index in [0.29, 0.717) is 26.0 Å². The molecule has 2 aliphatic rings. The van der Waals surface area contributed by atoms with Crippen LogP contribution in [0.15, 0.2) is 55.1 Å². The third-order valence-electron chi connectivity index (χ3n) is 7.26. The van der Waals surface area contributed by atoms with E-state index >= 15 is 0 Å². The molecule has 1 saturated carbocycles. The quantitative estimate of drug-likeness (QED) is 0.421. The van der Waals surface area contributed by atoms with Crippen molar-refractivity contribution < 1.29 is 19.1 Å². The Labute approximate surface area is 202 Å². The molecule has 6 heteroatoms. The summed E-state index contributed by atoms with van der Waals surface area (Å²) in [6.07, 6.45) is 3.54. The first-order chi connectivity index (χ1) is 16.4. The van der Waals surface area contributed by atoms with Crippen LogP contribution in [0.2, 0.25) is 0 Å². The molecule has 1 saturated heterocycles. The molecule has 2 aromatic rings. The molecule has 0 bridgehead atoms. The van der Waals surface area contributed by atoms with E-state index in [2.05, 4.69) is 61.0 Å². The van der Waals surface area contributed by atoms with Gasteiger partial charge in [0.05, 0.1) is 18.8 Å². The van der Waals surface area contributed by atoms with E-state index in [1.54, 1.807) is 6.08 Å². The summed E-state index contributed by atoms with van der Waals surface area (Å²) in [5.41, 5.74) is 0.245. The largest absolute Gasteiger partial charge is 0.460 e. The molecule has 2 aromatic carbocycles. The third kappa shape index (κ3) is 4.89. The zero-order valence-corrected chi connectivity index (χ0v) is 20.5. The lowest BCUT2D eigenvalue weighted by Crippen LogP contribution is -2.53. The fraction of sp³-hybridized carbons (Fsp3) is 0.500. The minimum Gasteiger partial charge on any atom is -0.460 e. The number of nitrogens with zero attached hydrogens (tertiary/aromatic N) is 1. The number of fused-ring (bicyclic) bond motifs is 1. The van der Waals surface area contributed by atoms with Crippen LogP contribution >= 0.6 is 0 Å². The number of rotatable bonds is 10. The van der Waals surface area contributed by atoms with Gasteiger partial charge in [0, 0.05) is 12.6 Å². The molecule has 0 aromatic heterocycles. The molecular weight excluding hydrogens is 428 g/mol. The van der Waals surface area contributed by atoms with Gasteiger partial charge in [-0.2, -0.15) is 0 Å². The summed E-state index contributed by atoms with van der Waals surface area (Å²) in [6, 6.07) is 14.4. The minimum atomic E-state index is -0.903. The normalized spacial score (nSPS) is 26.5. The van der Waals surface area contributed by atoms with E-state index in [9.17, 15) is 9.59 Å². The van der Waals surface area contributed by atoms with Crippen molar-refractivity contribution in [2.45, 2.75) is 70.4 Å². The second kappa shape index (κ2) is 10.3. The number of nitrogens with one attached hydrogen (secondary N) is 1. The zero-order valence-electron chi connectivity index (χ0n) is 20.5. The predicted molar refractivity (Wildman–Crippen MR) is 133 cm³/mol. The Hall–Kier alpha value is -2.70. The van der Waals surface area contributed by atoms with Crippen molar-refractivity contribution in [3.63, 3.8) is 0 Å². The summed E-state index contributed by atoms with van der Waals surface area (Å²) in [6.45, 7) is 11.2. The Morgan fingerprint density at radius 2 is 2.00 bits per heavy atom. The highest BCUT2D eigenvalue weighted by atomic mass is 16.5. The number of likely N-dealkylation sites (tertiary alicyclic amines) is 1. The maximum atomic E-state index is 13.4. The first kappa shape index (κ1) is 24.4. The number of hydrogen-bond acceptors (Lipinski definition) is 5. The standard InChI is InChI=1S/C28H36N2O4/c1-5-14-33-27(32)28(16-22(28)6-2)29-26(31)25-15-23(17-30(25)19(3)4)34-18-21-12-9-11-20-10-7-8-13-24(20)21/h5,7-13,19,22-23,25H,1,6,14-18H2,2-4H3,(H,29,31)/t22?,23-,25+,28-/m1/s1. The SMILES string of the molecule is C=CCOC(=O)[C@@]1(NC(=O)[C@@H]2C[C@@H](OCc3cccc4ccccc34)CN2C(C)C)CC1CC. The van der Waals surface area contributed by atoms with Crippen LogP contribution in [-0.2, 0) is 25.7 Å². The fourth-order valence-corrected chi connectivity index (χ4v) is 5.24. The highest BCUT2D eigenvalue weighted by molar-refractivity contribution is 5.93. The molecule has 34 heavy (non-hydrogen) atoms. The van der Waals surface area contributed by atoms with Crippen molar-refractivity contribution in [3.05, 3.63) is 60.7 Å². The molecule has 1 aliphatic carbocycles. The highest BCUT2D eigenvalue weighted by Gasteiger charge is 2.62. The van der Waals surface area contributed by atoms with E-state index in [-0.39, 0.29) is 42.6 Å². The Balaban J connectivity index is 1.43. The maximum Gasteiger partial charge on any atom is 0.332 e. The summed E-state index contributed by atoms with van der Waals surface area (Å²) < 4.78 is 11.6. The van der Waals surface area contributed by atoms with Crippen molar-refractivity contribution in [3.8, 4) is 0 Å². The van der Waals surface area contributed by atoms with Gasteiger partial charge >= 0.3 is 5.97 Å². The van der Waals surface area contributed by atoms with Gasteiger partial charge in [-0.25, -0.2) is 4.79 Å². The first-order valence-electron chi connectivity index (χ1n) is 12.3. The van der Waals surface area contributed by atoms with Gasteiger partial charge in [-0.3, -0.25) is 9.69 Å². The van der Waals surface area contributed by atoms with Gasteiger partial charge < -0.3 is 14.8 Å². The lowest BCUT2D eigenvalue weighted by Gasteiger charge is -2.28. The molecule has 1 heterocycles. The number of ether oxygens (including phenoxy) is 2. The van der Waals surface area contributed by atoms with Crippen molar-refractivity contribution in [1.29, 1.82) is 0 Å². The second-order valence-electron chi connectivity index (χ2n) is 9.77. The van der Waals surface area contributed by atoms with Gasteiger partial charge in [-0.1, -0.05) is 68.5 Å². The van der Waals surface area contributed by atoms with E-state index in [4.69, 9.17) is 9.47 Å². The van der Waals surface area contributed by atoms with Gasteiger partial charge in [0.15, 0.2) is 0 Å². The van der Waals surface area contributed by atoms with Crippen molar-refractivity contribution in [1.82, 2.24) is 10.2 Å². The molecule has 1 aliphatic heterocycles. The number of amides is 1. The number of esters is 1. The van der Waals surface area contributed by atoms with Gasteiger partial charge in [0.25, 0.3) is 0 Å². The molecule has 0 radical (unpaired) electrons. The topological polar surface area (TPSA) is 67.9 Å². The second-order valence-corrected chi connectivity index (χ2v) is 9.77. The Morgan fingerprint density at radius 1 is 1.24 bits per heavy atom. The average Bonchev–Trinajstić information content (AvgIpc) is 3.38. The average molecular weight is 465 g/mol. The lowest BCUT2D eigenvalue weighted by atomic mass is 10.1. The maximum absolute atomic E-state index is 13.4. The van der Waals surface area contributed by atoms with Crippen LogP contribution < -0.4 is 5.32 Å². The molecule has 1 N–H and O–H groups in total. The van der Waals surface area contributed by atoms with Gasteiger partial charge in [-0.05, 0) is 48.9 Å². The van der Waals surface area contributed by atoms with Crippen molar-refractivity contribution in [2.24, 2.45) is 5.92 Å². The van der Waals surface area contributed by atoms with E-state index in [0.717, 1.165) is 12.0 Å². The van der Waals surface area contributed by atoms with Crippen LogP contribution in [0.25, 0.3) is 10.8 Å². The molecular formula is C28H36N2O4. The number of carbonyl (C=O) groups excluding carboxylic acids is 2. The minimum absolute atomic E-state index is 0.0537. The molecule has 6 nitrogen and oxygen atoms in total. The molecule has 1 unspecified atom stereocenters. The van der Waals surface area contributed by atoms with Crippen LogP contribution in [0, 0.1) is 5.92 Å². The predicted octanol–water partition coefficient (Wildman–Crippen LogP) is 4.22. The van der Waals surface area contributed by atoms with Crippen LogP contribution in [0.3, 0.4) is 0 Å². The summed E-state index contributed by atoms with van der Waals surface area (Å²) in [4.78, 5) is 28.3. The zero-order chi connectivity index (χ0) is 24.3. The Kier molecular flexibility index (Phi) is 7.39. The van der Waals surface area contributed by atoms with E-state index in [1.165, 1.54) is 10.8 Å². The van der Waals surface area contributed by atoms with Crippen LogP contribution in [0.1, 0.15) is 45.6 Å². The summed E-state index contributed by atoms with van der Waals surface area (Å²) in [5.74, 6) is -0.358. The molecule has 4 atom stereocenters. The van der Waals surface area contributed by atoms with Gasteiger partial charge in [-0.15, -0.1) is 0 Å². The van der Waals surface area contributed by atoms with Crippen LogP contribution in [0.5, 0.6) is 0 Å². The van der Waals surface area contributed by atoms with Crippen molar-refractivity contribution >= 4 is 22.6 Å². The van der Waals surface area contributed by atoms with Crippen LogP contribution in [-0.4, -0.2) is 53.7 Å². The summed E-state index contributed by atoms with van der Waals surface area (Å²) >= 11 is 0. The van der Waals surface area contributed by atoms with Gasteiger partial charge in [0.2, 0.25) is 5.91 Å². The Bertz CT molecular complexity index is 1050. The lowest BCUT2D eigenvalue weighted by molar-refractivity contribution is -0.149. The summed E-state index contributed by atoms with van der Waals surface area (Å²) in [7, 11) is 0. The van der Waals surface area contributed by atoms with Crippen molar-refractivity contribution in [2.75, 3.05) is 13.2 Å². The molecule has 182 valence electrons. The molecule has 1 amide bonds. The third-order valence-corrected chi connectivity index (χ3v) is 7.26. The Morgan fingerprint density at radius 3 is 2.71 bits per heavy atom. The smallest absolute Gasteiger partial charge is 0.332 e. The van der Waals surface area contributed by atoms with E-state index < -0.39 is 5.54 Å². The van der Waals surface area contributed by atoms with E-state index in [1.807, 2.05) is 19.1 Å². The summed E-state index contributed by atoms with van der Waals surface area (Å²) in [5, 5.41) is 5.46. The molecule has 2 fully saturated rings. The monoisotopic (exact) mass is 464 g/mol.